The Morgan fingerprint density at radius 1 is 1.12 bits per heavy atom. The lowest BCUT2D eigenvalue weighted by Gasteiger charge is -2.35. The number of nitrogens with zero attached hydrogens (tertiary/aromatic N) is 1. The van der Waals surface area contributed by atoms with Gasteiger partial charge in [0.2, 0.25) is 0 Å². The van der Waals surface area contributed by atoms with Crippen LogP contribution in [0.25, 0.3) is 0 Å². The van der Waals surface area contributed by atoms with E-state index in [1.807, 2.05) is 36.4 Å². The van der Waals surface area contributed by atoms with Crippen LogP contribution in [0.5, 0.6) is 5.75 Å². The van der Waals surface area contributed by atoms with Crippen molar-refractivity contribution in [2.45, 2.75) is 6.23 Å². The molecule has 2 heterocycles. The van der Waals surface area contributed by atoms with Crippen LogP contribution in [0.15, 0.2) is 48.5 Å². The standard InChI is InChI=1S/C19H20N2O3/c1-23-15-6-4-5-14(13-15)20-9-11-21(12-10-20)18-16-7-2-3-8-17(16)19(22)24-18/h2-8,13,18H,9-12H2,1H3/p+1/t18-/m1/s1. The van der Waals surface area contributed by atoms with Crippen LogP contribution in [0.1, 0.15) is 22.1 Å². The average molecular weight is 325 g/mol. The minimum Gasteiger partial charge on any atom is -0.497 e. The second-order valence-corrected chi connectivity index (χ2v) is 6.22. The molecule has 0 bridgehead atoms. The predicted molar refractivity (Wildman–Crippen MR) is 90.5 cm³/mol. The van der Waals surface area contributed by atoms with Crippen molar-refractivity contribution >= 4 is 11.7 Å². The van der Waals surface area contributed by atoms with Crippen LogP contribution >= 0.6 is 0 Å². The van der Waals surface area contributed by atoms with E-state index in [0.717, 1.165) is 37.5 Å². The molecule has 2 aliphatic rings. The van der Waals surface area contributed by atoms with Gasteiger partial charge in [-0.15, -0.1) is 0 Å². The van der Waals surface area contributed by atoms with Crippen molar-refractivity contribution in [3.63, 3.8) is 0 Å². The van der Waals surface area contributed by atoms with Crippen molar-refractivity contribution in [2.75, 3.05) is 38.2 Å². The lowest BCUT2D eigenvalue weighted by molar-refractivity contribution is -0.952. The third-order valence-corrected chi connectivity index (χ3v) is 4.88. The summed E-state index contributed by atoms with van der Waals surface area (Å²) in [5, 5.41) is 0. The van der Waals surface area contributed by atoms with Gasteiger partial charge in [-0.1, -0.05) is 18.2 Å². The van der Waals surface area contributed by atoms with E-state index in [1.54, 1.807) is 7.11 Å². The van der Waals surface area contributed by atoms with E-state index in [0.29, 0.717) is 5.56 Å². The molecule has 0 saturated carbocycles. The van der Waals surface area contributed by atoms with Gasteiger partial charge in [-0.2, -0.15) is 0 Å². The third-order valence-electron chi connectivity index (χ3n) is 4.88. The molecule has 0 amide bonds. The molecule has 1 saturated heterocycles. The number of methoxy groups -OCH3 is 1. The number of nitrogens with one attached hydrogen (secondary N) is 1. The van der Waals surface area contributed by atoms with Gasteiger partial charge >= 0.3 is 5.97 Å². The summed E-state index contributed by atoms with van der Waals surface area (Å²) in [5.74, 6) is 0.680. The number of carbonyl (C=O) groups excluding carboxylic acids is 1. The summed E-state index contributed by atoms with van der Waals surface area (Å²) in [6.45, 7) is 3.73. The van der Waals surface area contributed by atoms with E-state index in [2.05, 4.69) is 17.0 Å². The Labute approximate surface area is 141 Å². The van der Waals surface area contributed by atoms with Gasteiger partial charge in [-0.3, -0.25) is 4.90 Å². The van der Waals surface area contributed by atoms with Crippen LogP contribution in [0.3, 0.4) is 0 Å². The van der Waals surface area contributed by atoms with E-state index in [1.165, 1.54) is 10.6 Å². The summed E-state index contributed by atoms with van der Waals surface area (Å²) < 4.78 is 10.9. The highest BCUT2D eigenvalue weighted by molar-refractivity contribution is 5.93. The van der Waals surface area contributed by atoms with Gasteiger partial charge in [0.1, 0.15) is 5.75 Å². The number of fused-ring (bicyclic) bond motifs is 1. The predicted octanol–water partition coefficient (Wildman–Crippen LogP) is 1.27. The topological polar surface area (TPSA) is 43.2 Å². The van der Waals surface area contributed by atoms with Gasteiger partial charge in [0.25, 0.3) is 6.23 Å². The summed E-state index contributed by atoms with van der Waals surface area (Å²) in [7, 11) is 1.69. The number of rotatable bonds is 3. The van der Waals surface area contributed by atoms with Gasteiger partial charge in [0, 0.05) is 11.8 Å². The molecule has 2 aromatic rings. The minimum atomic E-state index is -0.196. The molecular weight excluding hydrogens is 304 g/mol. The quantitative estimate of drug-likeness (QED) is 0.863. The zero-order chi connectivity index (χ0) is 16.5. The van der Waals surface area contributed by atoms with E-state index in [9.17, 15) is 4.79 Å². The summed E-state index contributed by atoms with van der Waals surface area (Å²) >= 11 is 0. The number of hydrogen-bond donors (Lipinski definition) is 1. The van der Waals surface area contributed by atoms with Crippen LogP contribution in [-0.2, 0) is 4.74 Å². The van der Waals surface area contributed by atoms with Crippen LogP contribution in [0.4, 0.5) is 5.69 Å². The largest absolute Gasteiger partial charge is 0.497 e. The molecule has 5 nitrogen and oxygen atoms in total. The molecule has 1 N–H and O–H groups in total. The van der Waals surface area contributed by atoms with Gasteiger partial charge in [-0.25, -0.2) is 4.79 Å². The van der Waals surface area contributed by atoms with Crippen LogP contribution in [-0.4, -0.2) is 39.3 Å². The Kier molecular flexibility index (Phi) is 3.86. The number of quaternary nitrogens is 1. The normalized spacial score (nSPS) is 20.6. The second kappa shape index (κ2) is 6.17. The summed E-state index contributed by atoms with van der Waals surface area (Å²) in [6, 6.07) is 15.9. The highest BCUT2D eigenvalue weighted by Gasteiger charge is 2.39. The molecule has 2 aromatic carbocycles. The molecule has 0 spiro atoms. The number of hydrogen-bond acceptors (Lipinski definition) is 4. The fourth-order valence-electron chi connectivity index (χ4n) is 3.57. The van der Waals surface area contributed by atoms with E-state index in [4.69, 9.17) is 9.47 Å². The maximum absolute atomic E-state index is 12.0. The SMILES string of the molecule is COc1cccc(N2CC[NH+]([C@@H]3OC(=O)c4ccccc43)CC2)c1. The molecule has 4 rings (SSSR count). The van der Waals surface area contributed by atoms with Crippen LogP contribution in [0, 0.1) is 0 Å². The number of carbonyl (C=O) groups is 1. The summed E-state index contributed by atoms with van der Waals surface area (Å²) in [4.78, 5) is 15.7. The van der Waals surface area contributed by atoms with Crippen molar-refractivity contribution in [1.82, 2.24) is 0 Å². The Morgan fingerprint density at radius 3 is 2.71 bits per heavy atom. The number of piperazine rings is 1. The Balaban J connectivity index is 1.46. The van der Waals surface area contributed by atoms with Crippen molar-refractivity contribution in [2.24, 2.45) is 0 Å². The second-order valence-electron chi connectivity index (χ2n) is 6.22. The molecular formula is C19H21N2O3+. The van der Waals surface area contributed by atoms with Crippen molar-refractivity contribution in [1.29, 1.82) is 0 Å². The molecule has 1 atom stereocenters. The first-order valence-electron chi connectivity index (χ1n) is 8.30. The molecule has 0 unspecified atom stereocenters. The fraction of sp³-hybridized carbons (Fsp3) is 0.316. The summed E-state index contributed by atoms with van der Waals surface area (Å²) in [6.07, 6.45) is -0.166. The number of benzene rings is 2. The first kappa shape index (κ1) is 15.0. The summed E-state index contributed by atoms with van der Waals surface area (Å²) in [5.41, 5.74) is 2.91. The molecule has 124 valence electrons. The van der Waals surface area contributed by atoms with E-state index in [-0.39, 0.29) is 12.2 Å². The average Bonchev–Trinajstić information content (AvgIpc) is 2.99. The molecule has 1 fully saturated rings. The van der Waals surface area contributed by atoms with Gasteiger partial charge in [-0.05, 0) is 24.3 Å². The van der Waals surface area contributed by atoms with Crippen molar-refractivity contribution < 1.29 is 19.2 Å². The highest BCUT2D eigenvalue weighted by Crippen LogP contribution is 2.27. The number of ether oxygens (including phenoxy) is 2. The van der Waals surface area contributed by atoms with Crippen LogP contribution < -0.4 is 14.5 Å². The lowest BCUT2D eigenvalue weighted by atomic mass is 10.1. The molecule has 0 aliphatic carbocycles. The van der Waals surface area contributed by atoms with Crippen molar-refractivity contribution in [3.8, 4) is 5.75 Å². The zero-order valence-electron chi connectivity index (χ0n) is 13.7. The zero-order valence-corrected chi connectivity index (χ0v) is 13.7. The van der Waals surface area contributed by atoms with Gasteiger partial charge in [0.15, 0.2) is 0 Å². The number of cyclic esters (lactones) is 1. The molecule has 24 heavy (non-hydrogen) atoms. The smallest absolute Gasteiger partial charge is 0.343 e. The maximum atomic E-state index is 12.0. The third kappa shape index (κ3) is 2.61. The molecule has 0 radical (unpaired) electrons. The Bertz CT molecular complexity index is 754. The van der Waals surface area contributed by atoms with Crippen molar-refractivity contribution in [3.05, 3.63) is 59.7 Å². The minimum absolute atomic E-state index is 0.166. The Morgan fingerprint density at radius 2 is 1.92 bits per heavy atom. The highest BCUT2D eigenvalue weighted by atomic mass is 16.6. The fourth-order valence-corrected chi connectivity index (χ4v) is 3.57. The lowest BCUT2D eigenvalue weighted by Crippen LogP contribution is -3.15. The first-order chi connectivity index (χ1) is 11.8. The van der Waals surface area contributed by atoms with Gasteiger partial charge < -0.3 is 14.4 Å². The van der Waals surface area contributed by atoms with E-state index < -0.39 is 0 Å². The number of anilines is 1. The number of esters is 1. The van der Waals surface area contributed by atoms with E-state index >= 15 is 0 Å². The first-order valence-corrected chi connectivity index (χ1v) is 8.30. The van der Waals surface area contributed by atoms with Crippen LogP contribution in [0.2, 0.25) is 0 Å². The maximum Gasteiger partial charge on any atom is 0.343 e. The molecule has 2 aliphatic heterocycles. The van der Waals surface area contributed by atoms with Gasteiger partial charge in [0.05, 0.1) is 44.4 Å². The Hall–Kier alpha value is -2.53. The molecule has 0 aromatic heterocycles. The monoisotopic (exact) mass is 325 g/mol. The molecule has 5 heteroatoms.